The normalized spacial score (nSPS) is 12.4. The van der Waals surface area contributed by atoms with Crippen LogP contribution in [0, 0.1) is 0 Å². The Bertz CT molecular complexity index is 456. The molecule has 0 aliphatic rings. The van der Waals surface area contributed by atoms with Crippen molar-refractivity contribution in [1.82, 2.24) is 0 Å². The molecule has 0 spiro atoms. The van der Waals surface area contributed by atoms with Gasteiger partial charge >= 0.3 is 0 Å². The Balaban J connectivity index is 2.18. The molecule has 1 aromatic carbocycles. The molecule has 17 heavy (non-hydrogen) atoms. The van der Waals surface area contributed by atoms with Crippen molar-refractivity contribution in [1.29, 1.82) is 0 Å². The predicted octanol–water partition coefficient (Wildman–Crippen LogP) is 2.32. The topological polar surface area (TPSA) is 55.5 Å². The molecule has 0 amide bonds. The van der Waals surface area contributed by atoms with Crippen LogP contribution in [0.5, 0.6) is 5.75 Å². The van der Waals surface area contributed by atoms with Crippen LogP contribution in [0.2, 0.25) is 0 Å². The monoisotopic (exact) mass is 249 g/mol. The molecule has 0 saturated heterocycles. The van der Waals surface area contributed by atoms with Crippen molar-refractivity contribution >= 4 is 11.3 Å². The van der Waals surface area contributed by atoms with Crippen LogP contribution in [-0.4, -0.2) is 11.7 Å². The maximum atomic E-state index is 9.23. The summed E-state index contributed by atoms with van der Waals surface area (Å²) in [6.07, 6.45) is -0.150. The second-order valence-corrected chi connectivity index (χ2v) is 4.60. The fourth-order valence-corrected chi connectivity index (χ4v) is 2.37. The molecule has 1 atom stereocenters. The third-order valence-electron chi connectivity index (χ3n) is 2.49. The minimum Gasteiger partial charge on any atom is -0.483 e. The lowest BCUT2D eigenvalue weighted by Crippen LogP contribution is -2.18. The first-order chi connectivity index (χ1) is 8.35. The van der Waals surface area contributed by atoms with Gasteiger partial charge < -0.3 is 15.6 Å². The summed E-state index contributed by atoms with van der Waals surface area (Å²) in [5.74, 6) is 0.693. The summed E-state index contributed by atoms with van der Waals surface area (Å²) in [5.41, 5.74) is 6.50. The van der Waals surface area contributed by atoms with E-state index >= 15 is 0 Å². The van der Waals surface area contributed by atoms with E-state index in [0.29, 0.717) is 12.3 Å². The van der Waals surface area contributed by atoms with E-state index in [4.69, 9.17) is 10.5 Å². The van der Waals surface area contributed by atoms with Gasteiger partial charge in [-0.15, -0.1) is 11.3 Å². The van der Waals surface area contributed by atoms with Gasteiger partial charge in [0.15, 0.2) is 0 Å². The molecule has 0 radical (unpaired) electrons. The van der Waals surface area contributed by atoms with Crippen LogP contribution in [0.15, 0.2) is 41.8 Å². The van der Waals surface area contributed by atoms with Crippen molar-refractivity contribution in [3.8, 4) is 5.75 Å². The number of nitrogens with two attached hydrogens (primary N) is 1. The van der Waals surface area contributed by atoms with Crippen molar-refractivity contribution in [2.75, 3.05) is 6.54 Å². The van der Waals surface area contributed by atoms with Crippen LogP contribution >= 0.6 is 11.3 Å². The number of benzene rings is 1. The predicted molar refractivity (Wildman–Crippen MR) is 69.1 cm³/mol. The van der Waals surface area contributed by atoms with Crippen LogP contribution in [-0.2, 0) is 6.61 Å². The number of thiophene rings is 1. The maximum Gasteiger partial charge on any atom is 0.145 e. The van der Waals surface area contributed by atoms with E-state index in [0.717, 1.165) is 10.4 Å². The van der Waals surface area contributed by atoms with E-state index in [9.17, 15) is 5.11 Å². The van der Waals surface area contributed by atoms with Gasteiger partial charge in [0, 0.05) is 17.0 Å². The zero-order valence-corrected chi connectivity index (χ0v) is 10.2. The molecule has 1 unspecified atom stereocenters. The number of ether oxygens (including phenoxy) is 1. The highest BCUT2D eigenvalue weighted by molar-refractivity contribution is 7.10. The highest BCUT2D eigenvalue weighted by Crippen LogP contribution is 2.27. The van der Waals surface area contributed by atoms with E-state index in [1.165, 1.54) is 0 Å². The third kappa shape index (κ3) is 2.85. The molecular weight excluding hydrogens is 234 g/mol. The number of rotatable bonds is 5. The lowest BCUT2D eigenvalue weighted by Gasteiger charge is -2.17. The molecule has 4 heteroatoms. The number of para-hydroxylation sites is 1. The van der Waals surface area contributed by atoms with Crippen LogP contribution < -0.4 is 10.5 Å². The van der Waals surface area contributed by atoms with Gasteiger partial charge in [-0.05, 0) is 17.5 Å². The van der Waals surface area contributed by atoms with Crippen molar-refractivity contribution in [2.24, 2.45) is 5.73 Å². The minimum atomic E-state index is -0.150. The fraction of sp³-hybridized carbons (Fsp3) is 0.231. The Morgan fingerprint density at radius 3 is 2.71 bits per heavy atom. The molecule has 0 aliphatic heterocycles. The summed E-state index contributed by atoms with van der Waals surface area (Å²) in [6, 6.07) is 11.4. The molecule has 0 fully saturated rings. The quantitative estimate of drug-likeness (QED) is 0.855. The van der Waals surface area contributed by atoms with Gasteiger partial charge in [-0.1, -0.05) is 24.3 Å². The summed E-state index contributed by atoms with van der Waals surface area (Å²) in [6.45, 7) is 0.387. The summed E-state index contributed by atoms with van der Waals surface area (Å²) in [4.78, 5) is 1.10. The third-order valence-corrected chi connectivity index (χ3v) is 3.45. The molecule has 0 bridgehead atoms. The number of aliphatic hydroxyl groups excluding tert-OH is 1. The minimum absolute atomic E-state index is 0.0299. The van der Waals surface area contributed by atoms with Gasteiger partial charge in [0.2, 0.25) is 0 Å². The fourth-order valence-electron chi connectivity index (χ4n) is 1.60. The smallest absolute Gasteiger partial charge is 0.145 e. The Kier molecular flexibility index (Phi) is 4.14. The number of hydrogen-bond donors (Lipinski definition) is 2. The molecule has 1 aromatic heterocycles. The van der Waals surface area contributed by atoms with Gasteiger partial charge in [0.05, 0.1) is 6.61 Å². The lowest BCUT2D eigenvalue weighted by atomic mass is 10.2. The maximum absolute atomic E-state index is 9.23. The van der Waals surface area contributed by atoms with E-state index < -0.39 is 0 Å². The summed E-state index contributed by atoms with van der Waals surface area (Å²) in [7, 11) is 0. The Hall–Kier alpha value is -1.36. The molecule has 3 nitrogen and oxygen atoms in total. The van der Waals surface area contributed by atoms with E-state index in [2.05, 4.69) is 0 Å². The van der Waals surface area contributed by atoms with Crippen LogP contribution in [0.3, 0.4) is 0 Å². The van der Waals surface area contributed by atoms with Gasteiger partial charge in [0.25, 0.3) is 0 Å². The van der Waals surface area contributed by atoms with Crippen molar-refractivity contribution in [3.63, 3.8) is 0 Å². The van der Waals surface area contributed by atoms with E-state index in [-0.39, 0.29) is 12.7 Å². The Morgan fingerprint density at radius 1 is 1.24 bits per heavy atom. The summed E-state index contributed by atoms with van der Waals surface area (Å²) in [5, 5.41) is 11.2. The molecule has 2 rings (SSSR count). The Labute approximate surface area is 104 Å². The van der Waals surface area contributed by atoms with Gasteiger partial charge in [0.1, 0.15) is 11.9 Å². The van der Waals surface area contributed by atoms with Crippen molar-refractivity contribution in [2.45, 2.75) is 12.7 Å². The first-order valence-electron chi connectivity index (χ1n) is 5.44. The SMILES string of the molecule is NCC(Oc1ccccc1CO)c1cccs1. The lowest BCUT2D eigenvalue weighted by molar-refractivity contribution is 0.206. The second-order valence-electron chi connectivity index (χ2n) is 3.62. The zero-order chi connectivity index (χ0) is 12.1. The average Bonchev–Trinajstić information content (AvgIpc) is 2.90. The molecule has 2 aromatic rings. The highest BCUT2D eigenvalue weighted by atomic mass is 32.1. The molecule has 90 valence electrons. The number of aliphatic hydroxyl groups is 1. The Morgan fingerprint density at radius 2 is 2.06 bits per heavy atom. The first kappa shape index (κ1) is 12.1. The van der Waals surface area contributed by atoms with Gasteiger partial charge in [-0.2, -0.15) is 0 Å². The summed E-state index contributed by atoms with van der Waals surface area (Å²) >= 11 is 1.62. The summed E-state index contributed by atoms with van der Waals surface area (Å²) < 4.78 is 5.86. The highest BCUT2D eigenvalue weighted by Gasteiger charge is 2.14. The van der Waals surface area contributed by atoms with Crippen molar-refractivity contribution < 1.29 is 9.84 Å². The van der Waals surface area contributed by atoms with Crippen LogP contribution in [0.4, 0.5) is 0 Å². The van der Waals surface area contributed by atoms with Crippen LogP contribution in [0.1, 0.15) is 16.5 Å². The van der Waals surface area contributed by atoms with Gasteiger partial charge in [-0.25, -0.2) is 0 Å². The van der Waals surface area contributed by atoms with E-state index in [1.54, 1.807) is 11.3 Å². The van der Waals surface area contributed by atoms with Gasteiger partial charge in [-0.3, -0.25) is 0 Å². The second kappa shape index (κ2) is 5.82. The molecule has 1 heterocycles. The average molecular weight is 249 g/mol. The first-order valence-corrected chi connectivity index (χ1v) is 6.32. The standard InChI is InChI=1S/C13H15NO2S/c14-8-12(13-6-3-7-17-13)16-11-5-2-1-4-10(11)9-15/h1-7,12,15H,8-9,14H2. The largest absolute Gasteiger partial charge is 0.483 e. The molecule has 0 saturated carbocycles. The molecule has 3 N–H and O–H groups in total. The molecule has 0 aliphatic carbocycles. The zero-order valence-electron chi connectivity index (χ0n) is 9.37. The number of hydrogen-bond acceptors (Lipinski definition) is 4. The van der Waals surface area contributed by atoms with E-state index in [1.807, 2.05) is 41.8 Å². The van der Waals surface area contributed by atoms with Crippen LogP contribution in [0.25, 0.3) is 0 Å². The molecular formula is C13H15NO2S. The van der Waals surface area contributed by atoms with Crippen molar-refractivity contribution in [3.05, 3.63) is 52.2 Å².